The molecular formula is C8H11NO3. The van der Waals surface area contributed by atoms with Crippen LogP contribution in [0.1, 0.15) is 6.42 Å². The monoisotopic (exact) mass is 169 g/mol. The highest BCUT2D eigenvalue weighted by Gasteiger charge is 2.59. The van der Waals surface area contributed by atoms with Gasteiger partial charge in [0.05, 0.1) is 7.11 Å². The van der Waals surface area contributed by atoms with Crippen molar-refractivity contribution < 1.29 is 14.3 Å². The van der Waals surface area contributed by atoms with Crippen LogP contribution in [0.15, 0.2) is 12.7 Å². The number of methoxy groups -OCH3 is 1. The van der Waals surface area contributed by atoms with E-state index in [0.29, 0.717) is 12.8 Å². The number of hydrogen-bond donors (Lipinski definition) is 1. The minimum atomic E-state index is -0.821. The maximum Gasteiger partial charge on any atom is 0.332 e. The molecule has 0 bridgehead atoms. The van der Waals surface area contributed by atoms with Gasteiger partial charge in [0.2, 0.25) is 6.41 Å². The Morgan fingerprint density at radius 3 is 2.83 bits per heavy atom. The Hall–Kier alpha value is -1.32. The molecule has 4 nitrogen and oxygen atoms in total. The third kappa shape index (κ3) is 1.09. The second kappa shape index (κ2) is 2.97. The maximum absolute atomic E-state index is 11.2. The van der Waals surface area contributed by atoms with E-state index in [0.717, 1.165) is 0 Å². The molecule has 0 aromatic carbocycles. The van der Waals surface area contributed by atoms with E-state index in [9.17, 15) is 9.59 Å². The molecule has 0 heterocycles. The molecule has 1 N–H and O–H groups in total. The normalized spacial score (nSPS) is 31.9. The molecule has 0 aromatic rings. The average Bonchev–Trinajstić information content (AvgIpc) is 2.79. The Kier molecular flexibility index (Phi) is 2.17. The number of carbonyl (C=O) groups is 2. The third-order valence-corrected chi connectivity index (χ3v) is 2.17. The fourth-order valence-corrected chi connectivity index (χ4v) is 1.32. The van der Waals surface area contributed by atoms with Crippen molar-refractivity contribution in [2.24, 2.45) is 5.92 Å². The van der Waals surface area contributed by atoms with Gasteiger partial charge in [-0.05, 0) is 6.42 Å². The van der Waals surface area contributed by atoms with Crippen LogP contribution >= 0.6 is 0 Å². The van der Waals surface area contributed by atoms with Crippen LogP contribution < -0.4 is 5.32 Å². The van der Waals surface area contributed by atoms with Crippen molar-refractivity contribution >= 4 is 12.4 Å². The van der Waals surface area contributed by atoms with E-state index in [1.165, 1.54) is 7.11 Å². The predicted molar refractivity (Wildman–Crippen MR) is 42.3 cm³/mol. The summed E-state index contributed by atoms with van der Waals surface area (Å²) in [7, 11) is 1.30. The minimum absolute atomic E-state index is 0.00940. The summed E-state index contributed by atoms with van der Waals surface area (Å²) in [6.07, 6.45) is 2.75. The standard InChI is InChI=1S/C8H11NO3/c1-3-6-4-8(6,9-5-10)7(11)12-2/h3,5-6H,1,4H2,2H3,(H,9,10)/t6?,8-/m1/s1. The zero-order chi connectivity index (χ0) is 9.19. The lowest BCUT2D eigenvalue weighted by molar-refractivity contribution is -0.145. The lowest BCUT2D eigenvalue weighted by atomic mass is 10.2. The number of nitrogens with one attached hydrogen (secondary N) is 1. The number of hydrogen-bond acceptors (Lipinski definition) is 3. The molecule has 0 saturated heterocycles. The van der Waals surface area contributed by atoms with Gasteiger partial charge in [-0.3, -0.25) is 4.79 Å². The molecule has 1 amide bonds. The molecule has 1 rings (SSSR count). The second-order valence-corrected chi connectivity index (χ2v) is 2.77. The van der Waals surface area contributed by atoms with Crippen LogP contribution in [0, 0.1) is 5.92 Å². The van der Waals surface area contributed by atoms with Crippen LogP contribution in [-0.4, -0.2) is 25.0 Å². The molecule has 0 radical (unpaired) electrons. The molecule has 0 aliphatic heterocycles. The summed E-state index contributed by atoms with van der Waals surface area (Å²) >= 11 is 0. The predicted octanol–water partition coefficient (Wildman–Crippen LogP) is -0.150. The van der Waals surface area contributed by atoms with Crippen molar-refractivity contribution in [2.75, 3.05) is 7.11 Å². The Labute approximate surface area is 70.6 Å². The molecule has 1 saturated carbocycles. The summed E-state index contributed by atoms with van der Waals surface area (Å²) in [4.78, 5) is 21.4. The number of esters is 1. The van der Waals surface area contributed by atoms with Gasteiger partial charge in [0, 0.05) is 5.92 Å². The fraction of sp³-hybridized carbons (Fsp3) is 0.500. The van der Waals surface area contributed by atoms with Crippen LogP contribution in [0.2, 0.25) is 0 Å². The summed E-state index contributed by atoms with van der Waals surface area (Å²) < 4.78 is 4.55. The number of ether oxygens (including phenoxy) is 1. The Morgan fingerprint density at radius 1 is 1.83 bits per heavy atom. The molecule has 1 unspecified atom stereocenters. The van der Waals surface area contributed by atoms with Gasteiger partial charge in [0.1, 0.15) is 5.54 Å². The van der Waals surface area contributed by atoms with Gasteiger partial charge >= 0.3 is 5.97 Å². The van der Waals surface area contributed by atoms with Crippen molar-refractivity contribution in [3.05, 3.63) is 12.7 Å². The van der Waals surface area contributed by atoms with Gasteiger partial charge in [0.25, 0.3) is 0 Å². The van der Waals surface area contributed by atoms with Crippen LogP contribution in [0.3, 0.4) is 0 Å². The maximum atomic E-state index is 11.2. The fourth-order valence-electron chi connectivity index (χ4n) is 1.32. The molecular weight excluding hydrogens is 158 g/mol. The third-order valence-electron chi connectivity index (χ3n) is 2.17. The second-order valence-electron chi connectivity index (χ2n) is 2.77. The molecule has 0 spiro atoms. The van der Waals surface area contributed by atoms with E-state index in [-0.39, 0.29) is 5.92 Å². The topological polar surface area (TPSA) is 55.4 Å². The van der Waals surface area contributed by atoms with Crippen LogP contribution in [0.4, 0.5) is 0 Å². The molecule has 4 heteroatoms. The quantitative estimate of drug-likeness (QED) is 0.362. The van der Waals surface area contributed by atoms with Crippen LogP contribution in [0.5, 0.6) is 0 Å². The molecule has 12 heavy (non-hydrogen) atoms. The summed E-state index contributed by atoms with van der Waals surface area (Å²) in [5.74, 6) is -0.394. The highest BCUT2D eigenvalue weighted by Crippen LogP contribution is 2.44. The number of rotatable bonds is 4. The molecule has 1 fully saturated rings. The summed E-state index contributed by atoms with van der Waals surface area (Å²) in [6, 6.07) is 0. The van der Waals surface area contributed by atoms with E-state index < -0.39 is 11.5 Å². The average molecular weight is 169 g/mol. The highest BCUT2D eigenvalue weighted by molar-refractivity contribution is 5.87. The van der Waals surface area contributed by atoms with Crippen LogP contribution in [0.25, 0.3) is 0 Å². The molecule has 2 atom stereocenters. The van der Waals surface area contributed by atoms with E-state index in [1.54, 1.807) is 6.08 Å². The first kappa shape index (κ1) is 8.77. The van der Waals surface area contributed by atoms with Gasteiger partial charge in [0.15, 0.2) is 0 Å². The smallest absolute Gasteiger partial charge is 0.332 e. The van der Waals surface area contributed by atoms with Crippen molar-refractivity contribution in [3.63, 3.8) is 0 Å². The van der Waals surface area contributed by atoms with Gasteiger partial charge < -0.3 is 10.1 Å². The summed E-state index contributed by atoms with van der Waals surface area (Å²) in [5, 5.41) is 2.46. The highest BCUT2D eigenvalue weighted by atomic mass is 16.5. The van der Waals surface area contributed by atoms with Crippen molar-refractivity contribution in [2.45, 2.75) is 12.0 Å². The van der Waals surface area contributed by atoms with E-state index >= 15 is 0 Å². The zero-order valence-electron chi connectivity index (χ0n) is 6.87. The van der Waals surface area contributed by atoms with Crippen molar-refractivity contribution in [3.8, 4) is 0 Å². The Balaban J connectivity index is 2.70. The first-order valence-corrected chi connectivity index (χ1v) is 3.63. The summed E-state index contributed by atoms with van der Waals surface area (Å²) in [6.45, 7) is 3.55. The molecule has 1 aliphatic carbocycles. The lowest BCUT2D eigenvalue weighted by Crippen LogP contribution is -2.41. The van der Waals surface area contributed by atoms with E-state index in [2.05, 4.69) is 16.6 Å². The molecule has 0 aromatic heterocycles. The number of amides is 1. The first-order chi connectivity index (χ1) is 5.71. The van der Waals surface area contributed by atoms with Crippen molar-refractivity contribution in [1.82, 2.24) is 5.32 Å². The van der Waals surface area contributed by atoms with Gasteiger partial charge in [-0.15, -0.1) is 6.58 Å². The van der Waals surface area contributed by atoms with Gasteiger partial charge in [-0.1, -0.05) is 6.08 Å². The first-order valence-electron chi connectivity index (χ1n) is 3.63. The van der Waals surface area contributed by atoms with Crippen molar-refractivity contribution in [1.29, 1.82) is 0 Å². The molecule has 1 aliphatic rings. The SMILES string of the molecule is C=CC1C[C@]1(NC=O)C(=O)OC. The minimum Gasteiger partial charge on any atom is -0.467 e. The van der Waals surface area contributed by atoms with E-state index in [4.69, 9.17) is 0 Å². The van der Waals surface area contributed by atoms with Crippen LogP contribution in [-0.2, 0) is 14.3 Å². The van der Waals surface area contributed by atoms with Gasteiger partial charge in [-0.25, -0.2) is 4.79 Å². The largest absolute Gasteiger partial charge is 0.467 e. The number of carbonyl (C=O) groups excluding carboxylic acids is 2. The Bertz CT molecular complexity index is 226. The van der Waals surface area contributed by atoms with E-state index in [1.807, 2.05) is 0 Å². The Morgan fingerprint density at radius 2 is 2.50 bits per heavy atom. The zero-order valence-corrected chi connectivity index (χ0v) is 6.87. The molecule has 66 valence electrons. The lowest BCUT2D eigenvalue weighted by Gasteiger charge is -2.11. The summed E-state index contributed by atoms with van der Waals surface area (Å²) in [5.41, 5.74) is -0.821. The van der Waals surface area contributed by atoms with Gasteiger partial charge in [-0.2, -0.15) is 0 Å².